The molecule has 1 heterocycles. The summed E-state index contributed by atoms with van der Waals surface area (Å²) in [5, 5.41) is 10.5. The molecule has 5 atom stereocenters. The average Bonchev–Trinajstić information content (AvgIpc) is 3.46. The zero-order chi connectivity index (χ0) is 29.8. The van der Waals surface area contributed by atoms with Gasteiger partial charge in [0, 0.05) is 41.2 Å². The molecular weight excluding hydrogens is 534 g/mol. The van der Waals surface area contributed by atoms with Crippen LogP contribution in [0.2, 0.25) is 0 Å². The minimum absolute atomic E-state index is 0.239. The molecule has 6 heteroatoms. The van der Waals surface area contributed by atoms with Crippen LogP contribution in [-0.2, 0) is 20.7 Å². The molecule has 1 aromatic heterocycles. The number of benzene rings is 3. The summed E-state index contributed by atoms with van der Waals surface area (Å²) in [5.74, 6) is 0.303. The van der Waals surface area contributed by atoms with Crippen molar-refractivity contribution in [3.63, 3.8) is 0 Å². The molecule has 0 aliphatic heterocycles. The normalized spacial score (nSPS) is 21.7. The van der Waals surface area contributed by atoms with E-state index in [9.17, 15) is 9.59 Å². The lowest BCUT2D eigenvalue weighted by atomic mass is 9.74. The summed E-state index contributed by atoms with van der Waals surface area (Å²) in [6.45, 7) is 2.28. The summed E-state index contributed by atoms with van der Waals surface area (Å²) >= 11 is 0. The Morgan fingerprint density at radius 1 is 1.00 bits per heavy atom. The molecule has 1 saturated carbocycles. The number of para-hydroxylation sites is 1. The summed E-state index contributed by atoms with van der Waals surface area (Å²) in [6.07, 6.45) is 14.0. The Labute approximate surface area is 253 Å². The fourth-order valence-electron chi connectivity index (χ4n) is 7.09. The van der Waals surface area contributed by atoms with Gasteiger partial charge in [-0.1, -0.05) is 85.3 Å². The summed E-state index contributed by atoms with van der Waals surface area (Å²) in [5.41, 5.74) is 3.93. The minimum Gasteiger partial charge on any atom is -0.467 e. The van der Waals surface area contributed by atoms with Crippen molar-refractivity contribution in [2.45, 2.75) is 63.6 Å². The third-order valence-electron chi connectivity index (χ3n) is 9.38. The van der Waals surface area contributed by atoms with Crippen LogP contribution < -0.4 is 10.6 Å². The SMILES string of the molecule is COC(=O)[C@@H](Cc1c[nH]c2ccccc12)NC(=O)C1=CCC([C@H]2CCC[C@H](N[C@H](C)c3cccc4ccccc34)C2)C=C1. The van der Waals surface area contributed by atoms with Gasteiger partial charge < -0.3 is 20.4 Å². The summed E-state index contributed by atoms with van der Waals surface area (Å²) < 4.78 is 5.04. The zero-order valence-corrected chi connectivity index (χ0v) is 25.0. The Bertz CT molecular complexity index is 1660. The number of aromatic nitrogens is 1. The smallest absolute Gasteiger partial charge is 0.328 e. The number of hydrogen-bond donors (Lipinski definition) is 3. The standard InChI is InChI=1S/C37H41N3O3/c1-24(31-15-8-10-26-9-3-4-13-32(26)31)39-30-12-7-11-28(21-30)25-17-19-27(20-18-25)36(41)40-35(37(42)43-2)22-29-23-38-34-16-6-5-14-33(29)34/h3-6,8-10,13-17,19-20,23-25,28,30,35,38-39H,7,11-12,18,21-22H2,1-2H3,(H,40,41)/t24-,25?,28+,30+,35-/m1/s1. The monoisotopic (exact) mass is 575 g/mol. The number of ether oxygens (including phenoxy) is 1. The van der Waals surface area contributed by atoms with E-state index in [-0.39, 0.29) is 11.9 Å². The maximum atomic E-state index is 13.2. The number of allylic oxidation sites excluding steroid dienone is 2. The number of carbonyl (C=O) groups excluding carboxylic acids is 2. The molecule has 0 bridgehead atoms. The lowest BCUT2D eigenvalue weighted by Crippen LogP contribution is -2.43. The molecule has 222 valence electrons. The predicted octanol–water partition coefficient (Wildman–Crippen LogP) is 6.93. The highest BCUT2D eigenvalue weighted by atomic mass is 16.5. The largest absolute Gasteiger partial charge is 0.467 e. The molecule has 43 heavy (non-hydrogen) atoms. The van der Waals surface area contributed by atoms with E-state index in [1.165, 1.54) is 42.7 Å². The molecule has 1 unspecified atom stereocenters. The maximum absolute atomic E-state index is 13.2. The van der Waals surface area contributed by atoms with E-state index >= 15 is 0 Å². The van der Waals surface area contributed by atoms with Gasteiger partial charge in [-0.25, -0.2) is 4.79 Å². The van der Waals surface area contributed by atoms with Crippen LogP contribution in [0.5, 0.6) is 0 Å². The van der Waals surface area contributed by atoms with E-state index in [0.29, 0.717) is 29.9 Å². The summed E-state index contributed by atoms with van der Waals surface area (Å²) in [7, 11) is 1.36. The molecule has 3 N–H and O–H groups in total. The number of H-pyrrole nitrogens is 1. The zero-order valence-electron chi connectivity index (χ0n) is 25.0. The third-order valence-corrected chi connectivity index (χ3v) is 9.38. The van der Waals surface area contributed by atoms with E-state index in [4.69, 9.17) is 4.74 Å². The molecule has 0 radical (unpaired) electrons. The van der Waals surface area contributed by atoms with E-state index in [0.717, 1.165) is 29.3 Å². The Hall–Kier alpha value is -4.16. The van der Waals surface area contributed by atoms with Gasteiger partial charge in [0.25, 0.3) is 5.91 Å². The number of fused-ring (bicyclic) bond motifs is 2. The molecule has 2 aliphatic carbocycles. The Balaban J connectivity index is 1.06. The number of esters is 1. The molecular formula is C37H41N3O3. The molecule has 3 aromatic carbocycles. The van der Waals surface area contributed by atoms with Crippen LogP contribution >= 0.6 is 0 Å². The van der Waals surface area contributed by atoms with Gasteiger partial charge in [0.15, 0.2) is 0 Å². The van der Waals surface area contributed by atoms with Crippen LogP contribution in [0.1, 0.15) is 56.2 Å². The number of methoxy groups -OCH3 is 1. The highest BCUT2D eigenvalue weighted by Crippen LogP contribution is 2.36. The molecule has 1 fully saturated rings. The fourth-order valence-corrected chi connectivity index (χ4v) is 7.09. The predicted molar refractivity (Wildman–Crippen MR) is 173 cm³/mol. The molecule has 2 aliphatic rings. The second kappa shape index (κ2) is 13.0. The number of aromatic amines is 1. The highest BCUT2D eigenvalue weighted by molar-refractivity contribution is 5.99. The number of hydrogen-bond acceptors (Lipinski definition) is 4. The fraction of sp³-hybridized carbons (Fsp3) is 0.351. The van der Waals surface area contributed by atoms with Gasteiger partial charge in [-0.3, -0.25) is 4.79 Å². The van der Waals surface area contributed by atoms with Crippen LogP contribution in [0.15, 0.2) is 96.7 Å². The van der Waals surface area contributed by atoms with E-state index in [1.807, 2.05) is 42.6 Å². The van der Waals surface area contributed by atoms with E-state index in [1.54, 1.807) is 0 Å². The molecule has 1 amide bonds. The number of carbonyl (C=O) groups is 2. The van der Waals surface area contributed by atoms with Crippen molar-refractivity contribution in [3.05, 3.63) is 108 Å². The van der Waals surface area contributed by atoms with Crippen molar-refractivity contribution in [3.8, 4) is 0 Å². The van der Waals surface area contributed by atoms with Crippen molar-refractivity contribution in [2.75, 3.05) is 7.11 Å². The highest BCUT2D eigenvalue weighted by Gasteiger charge is 2.30. The van der Waals surface area contributed by atoms with Crippen molar-refractivity contribution in [1.82, 2.24) is 15.6 Å². The third kappa shape index (κ3) is 6.45. The first-order valence-corrected chi connectivity index (χ1v) is 15.6. The van der Waals surface area contributed by atoms with Crippen LogP contribution in [0.25, 0.3) is 21.7 Å². The van der Waals surface area contributed by atoms with Gasteiger partial charge in [-0.15, -0.1) is 0 Å². The van der Waals surface area contributed by atoms with Crippen molar-refractivity contribution < 1.29 is 14.3 Å². The van der Waals surface area contributed by atoms with Gasteiger partial charge in [-0.05, 0) is 72.4 Å². The second-order valence-electron chi connectivity index (χ2n) is 12.1. The number of nitrogens with one attached hydrogen (secondary N) is 3. The Kier molecular flexibility index (Phi) is 8.75. The van der Waals surface area contributed by atoms with Gasteiger partial charge in [0.1, 0.15) is 6.04 Å². The van der Waals surface area contributed by atoms with Gasteiger partial charge in [0.05, 0.1) is 7.11 Å². The Morgan fingerprint density at radius 3 is 2.60 bits per heavy atom. The molecule has 0 spiro atoms. The van der Waals surface area contributed by atoms with Gasteiger partial charge in [0.2, 0.25) is 0 Å². The lowest BCUT2D eigenvalue weighted by molar-refractivity contribution is -0.144. The maximum Gasteiger partial charge on any atom is 0.328 e. The van der Waals surface area contributed by atoms with E-state index < -0.39 is 12.0 Å². The molecule has 0 saturated heterocycles. The summed E-state index contributed by atoms with van der Waals surface area (Å²) in [4.78, 5) is 29.1. The van der Waals surface area contributed by atoms with Gasteiger partial charge >= 0.3 is 5.97 Å². The second-order valence-corrected chi connectivity index (χ2v) is 12.1. The van der Waals surface area contributed by atoms with Crippen molar-refractivity contribution in [2.24, 2.45) is 11.8 Å². The first-order chi connectivity index (χ1) is 21.0. The van der Waals surface area contributed by atoms with Crippen LogP contribution in [0.4, 0.5) is 0 Å². The van der Waals surface area contributed by atoms with Crippen LogP contribution in [-0.4, -0.2) is 36.1 Å². The molecule has 6 rings (SSSR count). The minimum atomic E-state index is -0.766. The van der Waals surface area contributed by atoms with Crippen LogP contribution in [0, 0.1) is 11.8 Å². The molecule has 4 aromatic rings. The first-order valence-electron chi connectivity index (χ1n) is 15.6. The lowest BCUT2D eigenvalue weighted by Gasteiger charge is -2.36. The van der Waals surface area contributed by atoms with Crippen molar-refractivity contribution in [1.29, 1.82) is 0 Å². The van der Waals surface area contributed by atoms with E-state index in [2.05, 4.69) is 71.1 Å². The number of rotatable bonds is 9. The molecule has 6 nitrogen and oxygen atoms in total. The first kappa shape index (κ1) is 28.9. The van der Waals surface area contributed by atoms with Gasteiger partial charge in [-0.2, -0.15) is 0 Å². The average molecular weight is 576 g/mol. The number of amides is 1. The quantitative estimate of drug-likeness (QED) is 0.189. The van der Waals surface area contributed by atoms with Crippen LogP contribution in [0.3, 0.4) is 0 Å². The summed E-state index contributed by atoms with van der Waals surface area (Å²) in [6, 6.07) is 23.1. The van der Waals surface area contributed by atoms with Crippen molar-refractivity contribution >= 4 is 33.6 Å². The topological polar surface area (TPSA) is 83.2 Å². The Morgan fingerprint density at radius 2 is 1.79 bits per heavy atom.